The van der Waals surface area contributed by atoms with Crippen LogP contribution in [0.2, 0.25) is 5.02 Å². The molecule has 1 saturated heterocycles. The molecule has 3 nitrogen and oxygen atoms in total. The van der Waals surface area contributed by atoms with Gasteiger partial charge in [0, 0.05) is 10.7 Å². The fourth-order valence-electron chi connectivity index (χ4n) is 2.83. The number of halogens is 1. The van der Waals surface area contributed by atoms with Crippen LogP contribution in [0.5, 0.6) is 0 Å². The maximum absolute atomic E-state index is 12.5. The molecule has 2 rings (SSSR count). The second-order valence-electron chi connectivity index (χ2n) is 5.50. The molecule has 1 atom stereocenters. The molecule has 1 fully saturated rings. The highest BCUT2D eigenvalue weighted by Gasteiger charge is 2.28. The zero-order valence-electron chi connectivity index (χ0n) is 12.3. The minimum atomic E-state index is 0.0128. The van der Waals surface area contributed by atoms with E-state index in [1.165, 1.54) is 6.42 Å². The van der Waals surface area contributed by atoms with E-state index in [1.54, 1.807) is 0 Å². The van der Waals surface area contributed by atoms with Crippen LogP contribution in [0.25, 0.3) is 0 Å². The molecule has 1 aromatic rings. The molecule has 1 aliphatic rings. The lowest BCUT2D eigenvalue weighted by molar-refractivity contribution is -0.122. The minimum Gasteiger partial charge on any atom is -0.324 e. The van der Waals surface area contributed by atoms with Gasteiger partial charge in [-0.25, -0.2) is 0 Å². The van der Waals surface area contributed by atoms with Gasteiger partial charge in [-0.15, -0.1) is 0 Å². The van der Waals surface area contributed by atoms with E-state index in [-0.39, 0.29) is 11.9 Å². The summed E-state index contributed by atoms with van der Waals surface area (Å²) in [6, 6.07) is 5.58. The number of likely N-dealkylation sites (tertiary alicyclic amines) is 1. The zero-order valence-corrected chi connectivity index (χ0v) is 13.0. The monoisotopic (exact) mass is 294 g/mol. The first-order valence-electron chi connectivity index (χ1n) is 7.43. The highest BCUT2D eigenvalue weighted by atomic mass is 35.5. The third-order valence-electron chi connectivity index (χ3n) is 3.87. The number of rotatable bonds is 4. The summed E-state index contributed by atoms with van der Waals surface area (Å²) in [5.41, 5.74) is 1.87. The van der Waals surface area contributed by atoms with Crippen LogP contribution in [-0.2, 0) is 4.79 Å². The lowest BCUT2D eigenvalue weighted by Gasteiger charge is -2.34. The van der Waals surface area contributed by atoms with Crippen LogP contribution >= 0.6 is 11.6 Å². The van der Waals surface area contributed by atoms with E-state index in [0.29, 0.717) is 5.02 Å². The number of hydrogen-bond acceptors (Lipinski definition) is 2. The number of benzene rings is 1. The Morgan fingerprint density at radius 1 is 1.45 bits per heavy atom. The predicted molar refractivity (Wildman–Crippen MR) is 84.3 cm³/mol. The maximum Gasteiger partial charge on any atom is 0.241 e. The molecule has 0 bridgehead atoms. The summed E-state index contributed by atoms with van der Waals surface area (Å²) < 4.78 is 0. The average Bonchev–Trinajstić information content (AvgIpc) is 2.43. The third-order valence-corrected chi connectivity index (χ3v) is 4.11. The van der Waals surface area contributed by atoms with Crippen molar-refractivity contribution in [3.8, 4) is 0 Å². The Morgan fingerprint density at radius 2 is 2.25 bits per heavy atom. The molecule has 0 radical (unpaired) electrons. The van der Waals surface area contributed by atoms with E-state index in [9.17, 15) is 4.79 Å². The smallest absolute Gasteiger partial charge is 0.241 e. The van der Waals surface area contributed by atoms with Gasteiger partial charge < -0.3 is 5.32 Å². The minimum absolute atomic E-state index is 0.0128. The summed E-state index contributed by atoms with van der Waals surface area (Å²) >= 11 is 5.95. The van der Waals surface area contributed by atoms with Crippen molar-refractivity contribution in [1.82, 2.24) is 4.90 Å². The van der Waals surface area contributed by atoms with Crippen LogP contribution in [0.15, 0.2) is 18.2 Å². The van der Waals surface area contributed by atoms with Gasteiger partial charge in [0.1, 0.15) is 0 Å². The van der Waals surface area contributed by atoms with E-state index in [0.717, 1.165) is 43.6 Å². The van der Waals surface area contributed by atoms with Gasteiger partial charge >= 0.3 is 0 Å². The van der Waals surface area contributed by atoms with Crippen LogP contribution in [0.1, 0.15) is 38.2 Å². The first-order valence-corrected chi connectivity index (χ1v) is 7.80. The lowest BCUT2D eigenvalue weighted by atomic mass is 10.0. The Balaban J connectivity index is 2.05. The fourth-order valence-corrected chi connectivity index (χ4v) is 3.05. The average molecular weight is 295 g/mol. The number of amides is 1. The van der Waals surface area contributed by atoms with Gasteiger partial charge in [0.2, 0.25) is 5.91 Å². The van der Waals surface area contributed by atoms with E-state index in [1.807, 2.05) is 25.1 Å². The molecular formula is C16H23ClN2O. The molecule has 0 aliphatic carbocycles. The normalized spacial score (nSPS) is 19.9. The van der Waals surface area contributed by atoms with Crippen molar-refractivity contribution in [2.45, 2.75) is 45.6 Å². The number of nitrogens with zero attached hydrogens (tertiary/aromatic N) is 1. The van der Waals surface area contributed by atoms with Crippen molar-refractivity contribution >= 4 is 23.2 Å². The molecule has 1 heterocycles. The van der Waals surface area contributed by atoms with Gasteiger partial charge in [-0.3, -0.25) is 9.69 Å². The third kappa shape index (κ3) is 3.74. The van der Waals surface area contributed by atoms with Gasteiger partial charge in [-0.1, -0.05) is 24.9 Å². The molecular weight excluding hydrogens is 272 g/mol. The van der Waals surface area contributed by atoms with Crippen LogP contribution < -0.4 is 5.32 Å². The van der Waals surface area contributed by atoms with Crippen LogP contribution in [0.4, 0.5) is 5.69 Å². The summed E-state index contributed by atoms with van der Waals surface area (Å²) in [5.74, 6) is 0.114. The topological polar surface area (TPSA) is 32.3 Å². The zero-order chi connectivity index (χ0) is 14.5. The number of anilines is 1. The Kier molecular flexibility index (Phi) is 5.44. The number of nitrogens with one attached hydrogen (secondary N) is 1. The van der Waals surface area contributed by atoms with Gasteiger partial charge in [-0.2, -0.15) is 0 Å². The Morgan fingerprint density at radius 3 is 2.95 bits per heavy atom. The van der Waals surface area contributed by atoms with Crippen LogP contribution in [-0.4, -0.2) is 29.9 Å². The lowest BCUT2D eigenvalue weighted by Crippen LogP contribution is -2.47. The van der Waals surface area contributed by atoms with Crippen molar-refractivity contribution in [2.24, 2.45) is 0 Å². The summed E-state index contributed by atoms with van der Waals surface area (Å²) in [6.07, 6.45) is 4.38. The van der Waals surface area contributed by atoms with Crippen molar-refractivity contribution in [3.05, 3.63) is 28.8 Å². The van der Waals surface area contributed by atoms with Crippen LogP contribution in [0.3, 0.4) is 0 Å². The van der Waals surface area contributed by atoms with E-state index in [2.05, 4.69) is 17.1 Å². The number of aryl methyl sites for hydroxylation is 1. The maximum atomic E-state index is 12.5. The van der Waals surface area contributed by atoms with E-state index < -0.39 is 0 Å². The Labute approximate surface area is 126 Å². The quantitative estimate of drug-likeness (QED) is 0.915. The number of hydrogen-bond donors (Lipinski definition) is 1. The molecule has 1 aliphatic heterocycles. The summed E-state index contributed by atoms with van der Waals surface area (Å²) in [5, 5.41) is 3.76. The van der Waals surface area contributed by atoms with Gasteiger partial charge in [-0.05, 0) is 63.0 Å². The number of carbonyl (C=O) groups is 1. The second kappa shape index (κ2) is 7.09. The Hall–Kier alpha value is -1.06. The van der Waals surface area contributed by atoms with Crippen molar-refractivity contribution in [1.29, 1.82) is 0 Å². The van der Waals surface area contributed by atoms with Crippen molar-refractivity contribution in [3.63, 3.8) is 0 Å². The summed E-state index contributed by atoms with van der Waals surface area (Å²) in [7, 11) is 0. The summed E-state index contributed by atoms with van der Waals surface area (Å²) in [6.45, 7) is 6.16. The predicted octanol–water partition coefficient (Wildman–Crippen LogP) is 3.85. The second-order valence-corrected chi connectivity index (χ2v) is 5.93. The van der Waals surface area contributed by atoms with Crippen molar-refractivity contribution in [2.75, 3.05) is 18.4 Å². The molecule has 110 valence electrons. The molecule has 0 saturated carbocycles. The highest BCUT2D eigenvalue weighted by Crippen LogP contribution is 2.22. The van der Waals surface area contributed by atoms with Gasteiger partial charge in [0.25, 0.3) is 0 Å². The molecule has 0 spiro atoms. The highest BCUT2D eigenvalue weighted by molar-refractivity contribution is 6.30. The first-order chi connectivity index (χ1) is 9.61. The Bertz CT molecular complexity index is 474. The molecule has 1 amide bonds. The van der Waals surface area contributed by atoms with Crippen molar-refractivity contribution < 1.29 is 4.79 Å². The number of carbonyl (C=O) groups excluding carboxylic acids is 1. The molecule has 4 heteroatoms. The molecule has 20 heavy (non-hydrogen) atoms. The standard InChI is InChI=1S/C16H23ClN2O/c1-3-9-19-10-5-4-6-15(19)16(20)18-14-8-7-13(17)11-12(14)2/h7-8,11,15H,3-6,9-10H2,1-2H3,(H,18,20). The van der Waals surface area contributed by atoms with Crippen LogP contribution in [0, 0.1) is 6.92 Å². The molecule has 1 unspecified atom stereocenters. The molecule has 1 aromatic carbocycles. The van der Waals surface area contributed by atoms with Gasteiger partial charge in [0.15, 0.2) is 0 Å². The summed E-state index contributed by atoms with van der Waals surface area (Å²) in [4.78, 5) is 14.8. The van der Waals surface area contributed by atoms with Gasteiger partial charge in [0.05, 0.1) is 6.04 Å². The fraction of sp³-hybridized carbons (Fsp3) is 0.562. The molecule has 1 N–H and O–H groups in total. The first kappa shape index (κ1) is 15.3. The van der Waals surface area contributed by atoms with E-state index >= 15 is 0 Å². The largest absolute Gasteiger partial charge is 0.324 e. The van der Waals surface area contributed by atoms with E-state index in [4.69, 9.17) is 11.6 Å². The SMILES string of the molecule is CCCN1CCCCC1C(=O)Nc1ccc(Cl)cc1C. The number of piperidine rings is 1. The molecule has 0 aromatic heterocycles.